The third-order valence-corrected chi connectivity index (χ3v) is 3.27. The number of aliphatic hydroxyl groups excluding tert-OH is 1. The van der Waals surface area contributed by atoms with Crippen molar-refractivity contribution in [2.75, 3.05) is 20.3 Å². The second kappa shape index (κ2) is 8.68. The molecule has 20 heavy (non-hydrogen) atoms. The quantitative estimate of drug-likeness (QED) is 0.658. The van der Waals surface area contributed by atoms with Gasteiger partial charge in [0.1, 0.15) is 0 Å². The van der Waals surface area contributed by atoms with Crippen LogP contribution in [0.1, 0.15) is 24.9 Å². The van der Waals surface area contributed by atoms with Gasteiger partial charge < -0.3 is 20.9 Å². The highest BCUT2D eigenvalue weighted by Crippen LogP contribution is 2.18. The summed E-state index contributed by atoms with van der Waals surface area (Å²) in [7, 11) is 1.53. The van der Waals surface area contributed by atoms with Crippen LogP contribution in [-0.4, -0.2) is 37.4 Å². The van der Waals surface area contributed by atoms with E-state index in [9.17, 15) is 9.90 Å². The van der Waals surface area contributed by atoms with E-state index in [2.05, 4.69) is 5.32 Å². The molecule has 0 bridgehead atoms. The molecule has 1 aromatic rings. The Morgan fingerprint density at radius 3 is 2.65 bits per heavy atom. The first-order valence-electron chi connectivity index (χ1n) is 6.81. The van der Waals surface area contributed by atoms with Crippen molar-refractivity contribution < 1.29 is 14.6 Å². The topological polar surface area (TPSA) is 84.6 Å². The van der Waals surface area contributed by atoms with Crippen molar-refractivity contribution in [3.8, 4) is 0 Å². The van der Waals surface area contributed by atoms with Gasteiger partial charge in [-0.2, -0.15) is 0 Å². The van der Waals surface area contributed by atoms with E-state index in [0.29, 0.717) is 13.0 Å². The van der Waals surface area contributed by atoms with Gasteiger partial charge in [0.15, 0.2) is 0 Å². The van der Waals surface area contributed by atoms with Crippen LogP contribution in [0.2, 0.25) is 0 Å². The fourth-order valence-electron chi connectivity index (χ4n) is 1.93. The zero-order valence-electron chi connectivity index (χ0n) is 12.1. The zero-order valence-corrected chi connectivity index (χ0v) is 12.1. The van der Waals surface area contributed by atoms with E-state index >= 15 is 0 Å². The standard InChI is InChI=1S/C15H24N2O3/c1-11(14(16)12-6-4-3-5-7-12)15(19)17-9-8-13(18)10-20-2/h3-7,11,13-14,18H,8-10,16H2,1-2H3,(H,17,19). The van der Waals surface area contributed by atoms with E-state index < -0.39 is 6.10 Å². The van der Waals surface area contributed by atoms with E-state index in [1.807, 2.05) is 30.3 Å². The number of benzene rings is 1. The van der Waals surface area contributed by atoms with Gasteiger partial charge in [-0.25, -0.2) is 0 Å². The lowest BCUT2D eigenvalue weighted by Gasteiger charge is -2.20. The molecule has 0 aliphatic rings. The van der Waals surface area contributed by atoms with Gasteiger partial charge in [-0.3, -0.25) is 4.79 Å². The van der Waals surface area contributed by atoms with E-state index in [1.165, 1.54) is 7.11 Å². The lowest BCUT2D eigenvalue weighted by atomic mass is 9.94. The Bertz CT molecular complexity index is 397. The number of nitrogens with one attached hydrogen (secondary N) is 1. The summed E-state index contributed by atoms with van der Waals surface area (Å²) < 4.78 is 4.82. The average molecular weight is 280 g/mol. The van der Waals surface area contributed by atoms with Crippen LogP contribution in [0.3, 0.4) is 0 Å². The molecule has 1 amide bonds. The van der Waals surface area contributed by atoms with Gasteiger partial charge in [0.05, 0.1) is 18.6 Å². The maximum Gasteiger partial charge on any atom is 0.224 e. The van der Waals surface area contributed by atoms with E-state index in [1.54, 1.807) is 6.92 Å². The van der Waals surface area contributed by atoms with Crippen molar-refractivity contribution in [3.63, 3.8) is 0 Å². The molecule has 1 rings (SSSR count). The summed E-state index contributed by atoms with van der Waals surface area (Å²) in [4.78, 5) is 12.0. The number of rotatable bonds is 8. The summed E-state index contributed by atoms with van der Waals surface area (Å²) >= 11 is 0. The number of hydrogen-bond donors (Lipinski definition) is 3. The van der Waals surface area contributed by atoms with Crippen LogP contribution in [0.25, 0.3) is 0 Å². The van der Waals surface area contributed by atoms with E-state index in [-0.39, 0.29) is 24.5 Å². The fourth-order valence-corrected chi connectivity index (χ4v) is 1.93. The molecule has 0 aliphatic heterocycles. The summed E-state index contributed by atoms with van der Waals surface area (Å²) in [5, 5.41) is 12.3. The zero-order chi connectivity index (χ0) is 15.0. The van der Waals surface area contributed by atoms with Crippen LogP contribution in [0, 0.1) is 5.92 Å². The Hall–Kier alpha value is -1.43. The van der Waals surface area contributed by atoms with Gasteiger partial charge in [0, 0.05) is 19.7 Å². The Balaban J connectivity index is 2.39. The summed E-state index contributed by atoms with van der Waals surface area (Å²) in [5.74, 6) is -0.428. The summed E-state index contributed by atoms with van der Waals surface area (Å²) in [6, 6.07) is 9.22. The van der Waals surface area contributed by atoms with Gasteiger partial charge >= 0.3 is 0 Å². The first-order chi connectivity index (χ1) is 9.56. The van der Waals surface area contributed by atoms with E-state index in [4.69, 9.17) is 10.5 Å². The molecule has 112 valence electrons. The van der Waals surface area contributed by atoms with Gasteiger partial charge in [0.2, 0.25) is 5.91 Å². The first kappa shape index (κ1) is 16.6. The van der Waals surface area contributed by atoms with Crippen molar-refractivity contribution in [3.05, 3.63) is 35.9 Å². The minimum atomic E-state index is -0.557. The number of nitrogens with two attached hydrogens (primary N) is 1. The predicted octanol–water partition coefficient (Wildman–Crippen LogP) is 0.836. The molecule has 3 atom stereocenters. The molecule has 0 saturated heterocycles. The summed E-state index contributed by atoms with van der Waals surface area (Å²) in [6.07, 6.45) is -0.0919. The molecule has 0 saturated carbocycles. The largest absolute Gasteiger partial charge is 0.391 e. The lowest BCUT2D eigenvalue weighted by Crippen LogP contribution is -2.37. The predicted molar refractivity (Wildman–Crippen MR) is 78.0 cm³/mol. The molecule has 0 aliphatic carbocycles. The van der Waals surface area contributed by atoms with Gasteiger partial charge in [-0.05, 0) is 12.0 Å². The highest BCUT2D eigenvalue weighted by atomic mass is 16.5. The number of ether oxygens (including phenoxy) is 1. The third kappa shape index (κ3) is 5.28. The smallest absolute Gasteiger partial charge is 0.224 e. The molecule has 1 aromatic carbocycles. The summed E-state index contributed by atoms with van der Waals surface area (Å²) in [6.45, 7) is 2.49. The summed E-state index contributed by atoms with van der Waals surface area (Å²) in [5.41, 5.74) is 7.03. The van der Waals surface area contributed by atoms with Crippen LogP contribution in [0.15, 0.2) is 30.3 Å². The molecule has 0 radical (unpaired) electrons. The molecule has 0 aromatic heterocycles. The van der Waals surface area contributed by atoms with Crippen molar-refractivity contribution >= 4 is 5.91 Å². The normalized spacial score (nSPS) is 15.4. The Morgan fingerprint density at radius 1 is 1.40 bits per heavy atom. The minimum absolute atomic E-state index is 0.106. The monoisotopic (exact) mass is 280 g/mol. The van der Waals surface area contributed by atoms with Gasteiger partial charge in [-0.15, -0.1) is 0 Å². The lowest BCUT2D eigenvalue weighted by molar-refractivity contribution is -0.125. The molecule has 4 N–H and O–H groups in total. The first-order valence-corrected chi connectivity index (χ1v) is 6.81. The minimum Gasteiger partial charge on any atom is -0.391 e. The molecule has 0 spiro atoms. The molecule has 0 fully saturated rings. The molecule has 5 heteroatoms. The second-order valence-corrected chi connectivity index (χ2v) is 4.91. The number of carbonyl (C=O) groups excluding carboxylic acids is 1. The molecule has 3 unspecified atom stereocenters. The second-order valence-electron chi connectivity index (χ2n) is 4.91. The maximum atomic E-state index is 12.0. The molecule has 5 nitrogen and oxygen atoms in total. The van der Waals surface area contributed by atoms with E-state index in [0.717, 1.165) is 5.56 Å². The number of aliphatic hydroxyl groups is 1. The maximum absolute atomic E-state index is 12.0. The highest BCUT2D eigenvalue weighted by molar-refractivity contribution is 5.79. The van der Waals surface area contributed by atoms with Crippen molar-refractivity contribution in [1.29, 1.82) is 0 Å². The SMILES string of the molecule is COCC(O)CCNC(=O)C(C)C(N)c1ccccc1. The Kier molecular flexibility index (Phi) is 7.22. The molecular weight excluding hydrogens is 256 g/mol. The van der Waals surface area contributed by atoms with Crippen molar-refractivity contribution in [2.24, 2.45) is 11.7 Å². The van der Waals surface area contributed by atoms with Crippen molar-refractivity contribution in [2.45, 2.75) is 25.5 Å². The molecular formula is C15H24N2O3. The number of amides is 1. The van der Waals surface area contributed by atoms with Crippen molar-refractivity contribution in [1.82, 2.24) is 5.32 Å². The third-order valence-electron chi connectivity index (χ3n) is 3.27. The Labute approximate surface area is 120 Å². The highest BCUT2D eigenvalue weighted by Gasteiger charge is 2.21. The fraction of sp³-hybridized carbons (Fsp3) is 0.533. The van der Waals surface area contributed by atoms with Crippen LogP contribution in [0.4, 0.5) is 0 Å². The van der Waals surface area contributed by atoms with Gasteiger partial charge in [0.25, 0.3) is 0 Å². The van der Waals surface area contributed by atoms with Crippen LogP contribution in [0.5, 0.6) is 0 Å². The van der Waals surface area contributed by atoms with Crippen LogP contribution >= 0.6 is 0 Å². The number of carbonyl (C=O) groups is 1. The number of methoxy groups -OCH3 is 1. The van der Waals surface area contributed by atoms with Gasteiger partial charge in [-0.1, -0.05) is 37.3 Å². The Morgan fingerprint density at radius 2 is 2.05 bits per heavy atom. The number of hydrogen-bond acceptors (Lipinski definition) is 4. The average Bonchev–Trinajstić information content (AvgIpc) is 2.46. The van der Waals surface area contributed by atoms with Crippen LogP contribution < -0.4 is 11.1 Å². The van der Waals surface area contributed by atoms with Crippen LogP contribution in [-0.2, 0) is 9.53 Å². The molecule has 0 heterocycles.